The van der Waals surface area contributed by atoms with Crippen molar-refractivity contribution in [2.75, 3.05) is 36.5 Å². The molecule has 2 aromatic carbocycles. The van der Waals surface area contributed by atoms with Crippen LogP contribution >= 0.6 is 11.6 Å². The number of morpholine rings is 1. The molecule has 1 fully saturated rings. The summed E-state index contributed by atoms with van der Waals surface area (Å²) in [6.45, 7) is 2.85. The molecule has 28 heavy (non-hydrogen) atoms. The van der Waals surface area contributed by atoms with Gasteiger partial charge in [0.1, 0.15) is 0 Å². The van der Waals surface area contributed by atoms with E-state index < -0.39 is 11.5 Å². The molecule has 0 spiro atoms. The van der Waals surface area contributed by atoms with E-state index in [-0.39, 0.29) is 5.69 Å². The first kappa shape index (κ1) is 18.5. The number of nitrogens with zero attached hydrogens (tertiary/aromatic N) is 3. The second-order valence-electron chi connectivity index (χ2n) is 6.53. The Morgan fingerprint density at radius 3 is 2.68 bits per heavy atom. The molecule has 1 aromatic heterocycles. The first-order chi connectivity index (χ1) is 13.5. The van der Waals surface area contributed by atoms with Crippen molar-refractivity contribution >= 4 is 39.9 Å². The standard InChI is InChI=1S/C20H19ClN4O3/c1-24-17-5-3-2-4-15(17)23-18(20(24)27)19(26)22-13-6-7-16(14(21)12-13)25-8-10-28-11-9-25/h2-7,12H,8-11H2,1H3,(H,22,26). The van der Waals surface area contributed by atoms with Crippen LogP contribution in [0.25, 0.3) is 11.0 Å². The number of carbonyl (C=O) groups is 1. The number of aromatic nitrogens is 2. The lowest BCUT2D eigenvalue weighted by molar-refractivity contribution is 0.102. The van der Waals surface area contributed by atoms with Gasteiger partial charge in [0, 0.05) is 25.8 Å². The molecule has 144 valence electrons. The predicted molar refractivity (Wildman–Crippen MR) is 109 cm³/mol. The molecule has 1 N–H and O–H groups in total. The van der Waals surface area contributed by atoms with Crippen LogP contribution in [-0.4, -0.2) is 41.8 Å². The summed E-state index contributed by atoms with van der Waals surface area (Å²) in [5.74, 6) is -0.568. The van der Waals surface area contributed by atoms with E-state index in [4.69, 9.17) is 16.3 Å². The number of nitrogens with one attached hydrogen (secondary N) is 1. The summed E-state index contributed by atoms with van der Waals surface area (Å²) in [4.78, 5) is 31.6. The quantitative estimate of drug-likeness (QED) is 0.734. The number of ether oxygens (including phenoxy) is 1. The molecule has 0 unspecified atom stereocenters. The fourth-order valence-corrected chi connectivity index (χ4v) is 3.56. The summed E-state index contributed by atoms with van der Waals surface area (Å²) < 4.78 is 6.78. The Bertz CT molecular complexity index is 1110. The lowest BCUT2D eigenvalue weighted by Gasteiger charge is -2.29. The molecule has 0 atom stereocenters. The summed E-state index contributed by atoms with van der Waals surface area (Å²) in [5, 5.41) is 3.25. The molecule has 8 heteroatoms. The van der Waals surface area contributed by atoms with E-state index >= 15 is 0 Å². The molecule has 0 radical (unpaired) electrons. The third-order valence-corrected chi connectivity index (χ3v) is 5.06. The van der Waals surface area contributed by atoms with E-state index in [1.807, 2.05) is 18.2 Å². The molecule has 1 aliphatic heterocycles. The zero-order valence-corrected chi connectivity index (χ0v) is 16.1. The Labute approximate surface area is 166 Å². The monoisotopic (exact) mass is 398 g/mol. The van der Waals surface area contributed by atoms with E-state index in [0.29, 0.717) is 35.0 Å². The zero-order valence-electron chi connectivity index (χ0n) is 15.3. The molecule has 7 nitrogen and oxygen atoms in total. The SMILES string of the molecule is Cn1c(=O)c(C(=O)Nc2ccc(N3CCOCC3)c(Cl)c2)nc2ccccc21. The highest BCUT2D eigenvalue weighted by molar-refractivity contribution is 6.33. The Balaban J connectivity index is 1.60. The van der Waals surface area contributed by atoms with Gasteiger partial charge in [-0.1, -0.05) is 23.7 Å². The van der Waals surface area contributed by atoms with Gasteiger partial charge in [-0.15, -0.1) is 0 Å². The molecule has 1 aliphatic rings. The Morgan fingerprint density at radius 1 is 1.18 bits per heavy atom. The molecular formula is C20H19ClN4O3. The van der Waals surface area contributed by atoms with E-state index in [1.54, 1.807) is 31.3 Å². The number of hydrogen-bond donors (Lipinski definition) is 1. The van der Waals surface area contributed by atoms with Gasteiger partial charge in [-0.05, 0) is 30.3 Å². The maximum Gasteiger partial charge on any atom is 0.282 e. The second-order valence-corrected chi connectivity index (χ2v) is 6.94. The summed E-state index contributed by atoms with van der Waals surface area (Å²) in [7, 11) is 1.62. The Morgan fingerprint density at radius 2 is 1.93 bits per heavy atom. The van der Waals surface area contributed by atoms with E-state index in [0.717, 1.165) is 18.8 Å². The minimum atomic E-state index is -0.568. The lowest BCUT2D eigenvalue weighted by atomic mass is 10.2. The molecule has 0 saturated carbocycles. The van der Waals surface area contributed by atoms with Gasteiger partial charge in [0.2, 0.25) is 0 Å². The molecule has 1 amide bonds. The zero-order chi connectivity index (χ0) is 19.7. The van der Waals surface area contributed by atoms with Crippen molar-refractivity contribution < 1.29 is 9.53 Å². The fourth-order valence-electron chi connectivity index (χ4n) is 3.26. The van der Waals surface area contributed by atoms with Crippen molar-refractivity contribution in [1.29, 1.82) is 0 Å². The molecule has 0 aliphatic carbocycles. The lowest BCUT2D eigenvalue weighted by Crippen LogP contribution is -2.36. The smallest absolute Gasteiger partial charge is 0.282 e. The fraction of sp³-hybridized carbons (Fsp3) is 0.250. The van der Waals surface area contributed by atoms with Crippen molar-refractivity contribution in [2.24, 2.45) is 7.05 Å². The molecule has 4 rings (SSSR count). The number of hydrogen-bond acceptors (Lipinski definition) is 5. The molecule has 2 heterocycles. The van der Waals surface area contributed by atoms with Crippen molar-refractivity contribution in [1.82, 2.24) is 9.55 Å². The minimum absolute atomic E-state index is 0.158. The van der Waals surface area contributed by atoms with Crippen LogP contribution in [0.2, 0.25) is 5.02 Å². The number of rotatable bonds is 3. The van der Waals surface area contributed by atoms with Crippen molar-refractivity contribution in [3.8, 4) is 0 Å². The van der Waals surface area contributed by atoms with E-state index in [2.05, 4.69) is 15.2 Å². The molecule has 3 aromatic rings. The number of benzene rings is 2. The number of anilines is 2. The highest BCUT2D eigenvalue weighted by Gasteiger charge is 2.18. The molecule has 0 bridgehead atoms. The Kier molecular flexibility index (Phi) is 5.02. The molecule has 1 saturated heterocycles. The van der Waals surface area contributed by atoms with Crippen molar-refractivity contribution in [2.45, 2.75) is 0 Å². The summed E-state index contributed by atoms with van der Waals surface area (Å²) in [5.41, 5.74) is 2.03. The van der Waals surface area contributed by atoms with Crippen LogP contribution in [0.4, 0.5) is 11.4 Å². The van der Waals surface area contributed by atoms with Crippen LogP contribution < -0.4 is 15.8 Å². The first-order valence-corrected chi connectivity index (χ1v) is 9.32. The van der Waals surface area contributed by atoms with Crippen LogP contribution in [0, 0.1) is 0 Å². The van der Waals surface area contributed by atoms with Crippen LogP contribution in [0.3, 0.4) is 0 Å². The number of aryl methyl sites for hydroxylation is 1. The largest absolute Gasteiger partial charge is 0.378 e. The second kappa shape index (κ2) is 7.61. The average molecular weight is 399 g/mol. The summed E-state index contributed by atoms with van der Waals surface area (Å²) in [6, 6.07) is 12.5. The maximum atomic E-state index is 12.7. The number of amides is 1. The van der Waals surface area contributed by atoms with Gasteiger partial charge in [0.05, 0.1) is 35.0 Å². The summed E-state index contributed by atoms with van der Waals surface area (Å²) in [6.07, 6.45) is 0. The third kappa shape index (κ3) is 3.46. The van der Waals surface area contributed by atoms with Gasteiger partial charge in [-0.25, -0.2) is 4.98 Å². The number of carbonyl (C=O) groups excluding carboxylic acids is 1. The van der Waals surface area contributed by atoms with Gasteiger partial charge in [-0.3, -0.25) is 9.59 Å². The van der Waals surface area contributed by atoms with Gasteiger partial charge < -0.3 is 19.5 Å². The minimum Gasteiger partial charge on any atom is -0.378 e. The van der Waals surface area contributed by atoms with Crippen molar-refractivity contribution in [3.63, 3.8) is 0 Å². The van der Waals surface area contributed by atoms with Gasteiger partial charge in [-0.2, -0.15) is 0 Å². The van der Waals surface area contributed by atoms with Crippen LogP contribution in [0.15, 0.2) is 47.3 Å². The van der Waals surface area contributed by atoms with E-state index in [9.17, 15) is 9.59 Å². The number of halogens is 1. The summed E-state index contributed by atoms with van der Waals surface area (Å²) >= 11 is 6.41. The highest BCUT2D eigenvalue weighted by Crippen LogP contribution is 2.29. The van der Waals surface area contributed by atoms with E-state index in [1.165, 1.54) is 4.57 Å². The topological polar surface area (TPSA) is 76.5 Å². The van der Waals surface area contributed by atoms with Gasteiger partial charge >= 0.3 is 0 Å². The van der Waals surface area contributed by atoms with Crippen LogP contribution in [-0.2, 0) is 11.8 Å². The number of para-hydroxylation sites is 2. The van der Waals surface area contributed by atoms with Crippen LogP contribution in [0.1, 0.15) is 10.5 Å². The predicted octanol–water partition coefficient (Wildman–Crippen LogP) is 2.68. The van der Waals surface area contributed by atoms with Gasteiger partial charge in [0.15, 0.2) is 5.69 Å². The highest BCUT2D eigenvalue weighted by atomic mass is 35.5. The normalized spacial score (nSPS) is 14.3. The number of fused-ring (bicyclic) bond motifs is 1. The van der Waals surface area contributed by atoms with Crippen LogP contribution in [0.5, 0.6) is 0 Å². The Hall–Kier alpha value is -2.90. The average Bonchev–Trinajstić information content (AvgIpc) is 2.71. The molecular weight excluding hydrogens is 380 g/mol. The van der Waals surface area contributed by atoms with Gasteiger partial charge in [0.25, 0.3) is 11.5 Å². The maximum absolute atomic E-state index is 12.7. The first-order valence-electron chi connectivity index (χ1n) is 8.94. The third-order valence-electron chi connectivity index (χ3n) is 4.75. The van der Waals surface area contributed by atoms with Crippen molar-refractivity contribution in [3.05, 3.63) is 63.5 Å².